The van der Waals surface area contributed by atoms with Gasteiger partial charge in [-0.05, 0) is 46.0 Å². The molecule has 6 rings (SSSR count). The van der Waals surface area contributed by atoms with Crippen LogP contribution < -0.4 is 10.6 Å². The van der Waals surface area contributed by atoms with Crippen LogP contribution in [0.1, 0.15) is 50.2 Å². The number of nitrogens with one attached hydrogen (secondary N) is 2. The highest BCUT2D eigenvalue weighted by atomic mass is 32.1. The molecule has 4 nitrogen and oxygen atoms in total. The lowest BCUT2D eigenvalue weighted by atomic mass is 9.59. The van der Waals surface area contributed by atoms with E-state index >= 15 is 0 Å². The van der Waals surface area contributed by atoms with E-state index in [0.717, 1.165) is 6.42 Å². The second-order valence-electron chi connectivity index (χ2n) is 7.75. The van der Waals surface area contributed by atoms with Gasteiger partial charge in [0, 0.05) is 18.4 Å². The third-order valence-corrected chi connectivity index (χ3v) is 7.01. The quantitative estimate of drug-likeness (QED) is 0.680. The Hall–Kier alpha value is -2.92. The molecule has 0 fully saturated rings. The zero-order valence-electron chi connectivity index (χ0n) is 15.9. The number of rotatable bonds is 5. The van der Waals surface area contributed by atoms with Gasteiger partial charge in [0.2, 0.25) is 5.91 Å². The lowest BCUT2D eigenvalue weighted by Gasteiger charge is -2.45. The van der Waals surface area contributed by atoms with E-state index in [-0.39, 0.29) is 18.4 Å². The molecule has 3 aromatic rings. The summed E-state index contributed by atoms with van der Waals surface area (Å²) in [6, 6.07) is 21.0. The van der Waals surface area contributed by atoms with Crippen molar-refractivity contribution in [3.05, 3.63) is 93.2 Å². The fraction of sp³-hybridized carbons (Fsp3) is 0.250. The first kappa shape index (κ1) is 18.1. The standard InChI is InChI=1S/C24H22N2O2S/c27-22(14-26-24(28)21-10-5-11-29-21)25-13-15-12-20-16-6-1-3-8-18(16)23(15)19-9-4-2-7-17(19)20/h1-11,15,20,23H,12-14H2,(H,25,27)(H,26,28). The van der Waals surface area contributed by atoms with Gasteiger partial charge in [-0.15, -0.1) is 11.3 Å². The first-order chi connectivity index (χ1) is 14.2. The van der Waals surface area contributed by atoms with Gasteiger partial charge >= 0.3 is 0 Å². The fourth-order valence-electron chi connectivity index (χ4n) is 4.92. The normalized spacial score (nSPS) is 21.2. The molecule has 0 saturated carbocycles. The van der Waals surface area contributed by atoms with Gasteiger partial charge in [-0.25, -0.2) is 0 Å². The van der Waals surface area contributed by atoms with Crippen LogP contribution in [0.5, 0.6) is 0 Å². The molecule has 2 N–H and O–H groups in total. The van der Waals surface area contributed by atoms with E-state index in [1.165, 1.54) is 33.6 Å². The maximum atomic E-state index is 12.3. The van der Waals surface area contributed by atoms with Crippen molar-refractivity contribution < 1.29 is 9.59 Å². The molecule has 3 aliphatic carbocycles. The summed E-state index contributed by atoms with van der Waals surface area (Å²) >= 11 is 1.37. The van der Waals surface area contributed by atoms with Crippen LogP contribution in [0, 0.1) is 5.92 Å². The Morgan fingerprint density at radius 3 is 2.14 bits per heavy atom. The van der Waals surface area contributed by atoms with E-state index in [4.69, 9.17) is 0 Å². The molecule has 0 saturated heterocycles. The van der Waals surface area contributed by atoms with Crippen molar-refractivity contribution in [3.8, 4) is 0 Å². The van der Waals surface area contributed by atoms with Gasteiger partial charge in [0.25, 0.3) is 5.91 Å². The number of amides is 2. The van der Waals surface area contributed by atoms with Crippen molar-refractivity contribution in [1.29, 1.82) is 0 Å². The van der Waals surface area contributed by atoms with Crippen LogP contribution in [0.2, 0.25) is 0 Å². The highest BCUT2D eigenvalue weighted by Gasteiger charge is 2.42. The van der Waals surface area contributed by atoms with E-state index in [1.54, 1.807) is 6.07 Å². The summed E-state index contributed by atoms with van der Waals surface area (Å²) in [6.45, 7) is 0.627. The highest BCUT2D eigenvalue weighted by molar-refractivity contribution is 7.12. The molecule has 2 aromatic carbocycles. The summed E-state index contributed by atoms with van der Waals surface area (Å²) in [4.78, 5) is 25.0. The summed E-state index contributed by atoms with van der Waals surface area (Å²) < 4.78 is 0. The van der Waals surface area contributed by atoms with Crippen molar-refractivity contribution in [1.82, 2.24) is 10.6 Å². The minimum absolute atomic E-state index is 0.00469. The van der Waals surface area contributed by atoms with E-state index in [2.05, 4.69) is 59.2 Å². The van der Waals surface area contributed by atoms with Gasteiger partial charge in [0.1, 0.15) is 0 Å². The number of fused-ring (bicyclic) bond motifs is 1. The second kappa shape index (κ2) is 7.48. The lowest BCUT2D eigenvalue weighted by Crippen LogP contribution is -2.42. The van der Waals surface area contributed by atoms with Crippen molar-refractivity contribution >= 4 is 23.2 Å². The number of hydrogen-bond acceptors (Lipinski definition) is 3. The Morgan fingerprint density at radius 1 is 0.862 bits per heavy atom. The Morgan fingerprint density at radius 2 is 1.52 bits per heavy atom. The summed E-state index contributed by atoms with van der Waals surface area (Å²) in [6.07, 6.45) is 1.04. The summed E-state index contributed by atoms with van der Waals surface area (Å²) in [5, 5.41) is 7.60. The molecular formula is C24H22N2O2S. The molecule has 146 valence electrons. The molecule has 1 unspecified atom stereocenters. The summed E-state index contributed by atoms with van der Waals surface area (Å²) in [5.41, 5.74) is 5.66. The van der Waals surface area contributed by atoms with E-state index in [0.29, 0.717) is 29.2 Å². The van der Waals surface area contributed by atoms with Crippen LogP contribution in [-0.2, 0) is 4.79 Å². The Kier molecular flexibility index (Phi) is 4.68. The van der Waals surface area contributed by atoms with Gasteiger partial charge in [-0.2, -0.15) is 0 Å². The zero-order valence-corrected chi connectivity index (χ0v) is 16.7. The molecule has 1 heterocycles. The molecule has 2 bridgehead atoms. The number of benzene rings is 2. The molecule has 3 aliphatic rings. The molecule has 5 heteroatoms. The van der Waals surface area contributed by atoms with Gasteiger partial charge in [-0.3, -0.25) is 9.59 Å². The average Bonchev–Trinajstić information content (AvgIpc) is 3.31. The Balaban J connectivity index is 1.27. The van der Waals surface area contributed by atoms with Crippen LogP contribution in [0.3, 0.4) is 0 Å². The number of thiophene rings is 1. The minimum Gasteiger partial charge on any atom is -0.354 e. The SMILES string of the molecule is O=C(CNC(=O)c1cccs1)NCC1CC2c3ccccc3C1c1ccccc12. The molecule has 0 radical (unpaired) electrons. The number of carbonyl (C=O) groups is 2. The van der Waals surface area contributed by atoms with Crippen LogP contribution in [-0.4, -0.2) is 24.9 Å². The number of hydrogen-bond donors (Lipinski definition) is 2. The highest BCUT2D eigenvalue weighted by Crippen LogP contribution is 2.55. The van der Waals surface area contributed by atoms with Crippen LogP contribution in [0.15, 0.2) is 66.0 Å². The topological polar surface area (TPSA) is 58.2 Å². The van der Waals surface area contributed by atoms with E-state index in [9.17, 15) is 9.59 Å². The third kappa shape index (κ3) is 3.25. The molecule has 0 spiro atoms. The number of carbonyl (C=O) groups excluding carboxylic acids is 2. The minimum atomic E-state index is -0.199. The third-order valence-electron chi connectivity index (χ3n) is 6.14. The molecule has 2 amide bonds. The predicted octanol–water partition coefficient (Wildman–Crippen LogP) is 3.89. The first-order valence-corrected chi connectivity index (χ1v) is 10.9. The maximum Gasteiger partial charge on any atom is 0.261 e. The van der Waals surface area contributed by atoms with Crippen molar-refractivity contribution in [2.75, 3.05) is 13.1 Å². The van der Waals surface area contributed by atoms with Crippen molar-refractivity contribution in [2.24, 2.45) is 5.92 Å². The maximum absolute atomic E-state index is 12.3. The van der Waals surface area contributed by atoms with Gasteiger partial charge in [0.05, 0.1) is 11.4 Å². The van der Waals surface area contributed by atoms with Crippen LogP contribution in [0.25, 0.3) is 0 Å². The zero-order chi connectivity index (χ0) is 19.8. The Labute approximate surface area is 174 Å². The molecule has 1 atom stereocenters. The first-order valence-electron chi connectivity index (χ1n) is 9.98. The molecule has 1 aromatic heterocycles. The monoisotopic (exact) mass is 402 g/mol. The average molecular weight is 403 g/mol. The van der Waals surface area contributed by atoms with E-state index in [1.807, 2.05) is 11.4 Å². The van der Waals surface area contributed by atoms with Crippen LogP contribution in [0.4, 0.5) is 0 Å². The summed E-state index contributed by atoms with van der Waals surface area (Å²) in [5.74, 6) is 0.732. The predicted molar refractivity (Wildman–Crippen MR) is 114 cm³/mol. The largest absolute Gasteiger partial charge is 0.354 e. The summed E-state index contributed by atoms with van der Waals surface area (Å²) in [7, 11) is 0. The van der Waals surface area contributed by atoms with Gasteiger partial charge in [-0.1, -0.05) is 54.6 Å². The van der Waals surface area contributed by atoms with Crippen molar-refractivity contribution in [3.63, 3.8) is 0 Å². The van der Waals surface area contributed by atoms with Gasteiger partial charge < -0.3 is 10.6 Å². The molecular weight excluding hydrogens is 380 g/mol. The van der Waals surface area contributed by atoms with Crippen LogP contribution >= 0.6 is 11.3 Å². The molecule has 29 heavy (non-hydrogen) atoms. The van der Waals surface area contributed by atoms with Crippen molar-refractivity contribution in [2.45, 2.75) is 18.3 Å². The molecule has 0 aliphatic heterocycles. The van der Waals surface area contributed by atoms with Gasteiger partial charge in [0.15, 0.2) is 0 Å². The second-order valence-corrected chi connectivity index (χ2v) is 8.70. The fourth-order valence-corrected chi connectivity index (χ4v) is 5.56. The van der Waals surface area contributed by atoms with E-state index < -0.39 is 0 Å². The Bertz CT molecular complexity index is 1010. The smallest absolute Gasteiger partial charge is 0.261 e. The lowest BCUT2D eigenvalue weighted by molar-refractivity contribution is -0.120.